The van der Waals surface area contributed by atoms with Gasteiger partial charge in [-0.25, -0.2) is 0 Å². The molecule has 2 bridgehead atoms. The normalized spacial score (nSPS) is 31.8. The fourth-order valence-electron chi connectivity index (χ4n) is 3.77. The van der Waals surface area contributed by atoms with Crippen molar-refractivity contribution in [3.63, 3.8) is 0 Å². The molecule has 0 saturated heterocycles. The summed E-state index contributed by atoms with van der Waals surface area (Å²) in [6.07, 6.45) is 5.82. The summed E-state index contributed by atoms with van der Waals surface area (Å²) < 4.78 is 1.16. The number of rotatable bonds is 4. The van der Waals surface area contributed by atoms with Gasteiger partial charge in [-0.3, -0.25) is 0 Å². The molecule has 0 heterocycles. The Kier molecular flexibility index (Phi) is 4.02. The zero-order valence-electron chi connectivity index (χ0n) is 10.5. The number of hydrogen-bond donors (Lipinski definition) is 1. The zero-order valence-corrected chi connectivity index (χ0v) is 12.9. The van der Waals surface area contributed by atoms with Gasteiger partial charge in [-0.2, -0.15) is 0 Å². The van der Waals surface area contributed by atoms with Crippen LogP contribution in [0.1, 0.15) is 25.7 Å². The van der Waals surface area contributed by atoms with Crippen molar-refractivity contribution >= 4 is 27.7 Å². The quantitative estimate of drug-likeness (QED) is 0.835. The highest BCUT2D eigenvalue weighted by Crippen LogP contribution is 2.52. The topological polar surface area (TPSA) is 26.0 Å². The molecule has 1 aromatic carbocycles. The van der Waals surface area contributed by atoms with Gasteiger partial charge in [-0.05, 0) is 55.2 Å². The van der Waals surface area contributed by atoms with Gasteiger partial charge in [0.15, 0.2) is 0 Å². The number of halogens is 1. The molecule has 3 rings (SSSR count). The molecular weight excluding hydrogens is 306 g/mol. The van der Waals surface area contributed by atoms with E-state index in [0.29, 0.717) is 5.25 Å². The minimum Gasteiger partial charge on any atom is -0.329 e. The van der Waals surface area contributed by atoms with Gasteiger partial charge < -0.3 is 5.73 Å². The molecule has 1 aromatic rings. The Balaban J connectivity index is 1.69. The van der Waals surface area contributed by atoms with E-state index in [1.54, 1.807) is 0 Å². The predicted molar refractivity (Wildman–Crippen MR) is 81.8 cm³/mol. The van der Waals surface area contributed by atoms with Crippen molar-refractivity contribution in [1.29, 1.82) is 0 Å². The van der Waals surface area contributed by atoms with Gasteiger partial charge in [-0.15, -0.1) is 11.8 Å². The second kappa shape index (κ2) is 5.56. The van der Waals surface area contributed by atoms with Crippen LogP contribution in [0.5, 0.6) is 0 Å². The molecule has 0 radical (unpaired) electrons. The molecule has 2 fully saturated rings. The smallest absolute Gasteiger partial charge is 0.0248 e. The lowest BCUT2D eigenvalue weighted by atomic mass is 9.86. The van der Waals surface area contributed by atoms with Gasteiger partial charge in [0, 0.05) is 21.2 Å². The van der Waals surface area contributed by atoms with Gasteiger partial charge in [0.2, 0.25) is 0 Å². The van der Waals surface area contributed by atoms with Crippen LogP contribution in [-0.4, -0.2) is 11.8 Å². The Morgan fingerprint density at radius 2 is 2.22 bits per heavy atom. The van der Waals surface area contributed by atoms with E-state index >= 15 is 0 Å². The van der Waals surface area contributed by atoms with Crippen molar-refractivity contribution in [2.75, 3.05) is 6.54 Å². The van der Waals surface area contributed by atoms with Crippen LogP contribution < -0.4 is 5.73 Å². The van der Waals surface area contributed by atoms with Crippen LogP contribution in [0.3, 0.4) is 0 Å². The molecule has 2 aliphatic rings. The highest BCUT2D eigenvalue weighted by atomic mass is 79.9. The van der Waals surface area contributed by atoms with E-state index in [4.69, 9.17) is 5.73 Å². The summed E-state index contributed by atoms with van der Waals surface area (Å²) in [4.78, 5) is 1.35. The van der Waals surface area contributed by atoms with Crippen LogP contribution in [0.2, 0.25) is 0 Å². The SMILES string of the molecule is NCC(Sc1cccc(Br)c1)C1CC2CCC1C2. The maximum absolute atomic E-state index is 6.04. The van der Waals surface area contributed by atoms with Crippen molar-refractivity contribution in [2.24, 2.45) is 23.5 Å². The van der Waals surface area contributed by atoms with Gasteiger partial charge in [0.1, 0.15) is 0 Å². The molecular formula is C15H20BrNS. The lowest BCUT2D eigenvalue weighted by molar-refractivity contribution is 0.326. The molecule has 3 heteroatoms. The summed E-state index contributed by atoms with van der Waals surface area (Å²) in [6, 6.07) is 8.60. The monoisotopic (exact) mass is 325 g/mol. The molecule has 0 spiro atoms. The molecule has 4 unspecified atom stereocenters. The first kappa shape index (κ1) is 13.0. The van der Waals surface area contributed by atoms with Gasteiger partial charge in [0.05, 0.1) is 0 Å². The Hall–Kier alpha value is 0.01000. The Morgan fingerprint density at radius 1 is 1.33 bits per heavy atom. The van der Waals surface area contributed by atoms with Gasteiger partial charge in [-0.1, -0.05) is 28.4 Å². The summed E-state index contributed by atoms with van der Waals surface area (Å²) in [5, 5.41) is 0.606. The first-order valence-corrected chi connectivity index (χ1v) is 8.56. The standard InChI is InChI=1S/C15H20BrNS/c16-12-2-1-3-13(8-12)18-15(9-17)14-7-10-4-5-11(14)6-10/h1-3,8,10-11,14-15H,4-7,9,17H2. The summed E-state index contributed by atoms with van der Waals surface area (Å²) in [6.45, 7) is 0.811. The molecule has 2 N–H and O–H groups in total. The second-order valence-electron chi connectivity index (χ2n) is 5.69. The molecule has 2 aliphatic carbocycles. The third kappa shape index (κ3) is 2.63. The first-order chi connectivity index (χ1) is 8.76. The van der Waals surface area contributed by atoms with Crippen molar-refractivity contribution in [2.45, 2.75) is 35.8 Å². The highest BCUT2D eigenvalue weighted by molar-refractivity contribution is 9.10. The fourth-order valence-corrected chi connectivity index (χ4v) is 5.63. The predicted octanol–water partition coefficient (Wildman–Crippen LogP) is 4.30. The molecule has 0 aromatic heterocycles. The summed E-state index contributed by atoms with van der Waals surface area (Å²) in [5.41, 5.74) is 6.04. The third-order valence-electron chi connectivity index (χ3n) is 4.59. The minimum absolute atomic E-state index is 0.606. The lowest BCUT2D eigenvalue weighted by Crippen LogP contribution is -2.29. The van der Waals surface area contributed by atoms with Crippen LogP contribution in [0.4, 0.5) is 0 Å². The number of nitrogens with two attached hydrogens (primary N) is 1. The van der Waals surface area contributed by atoms with Crippen LogP contribution >= 0.6 is 27.7 Å². The molecule has 0 aliphatic heterocycles. The van der Waals surface area contributed by atoms with Gasteiger partial charge >= 0.3 is 0 Å². The Labute approximate surface area is 122 Å². The van der Waals surface area contributed by atoms with E-state index < -0.39 is 0 Å². The van der Waals surface area contributed by atoms with E-state index in [2.05, 4.69) is 40.2 Å². The summed E-state index contributed by atoms with van der Waals surface area (Å²) in [5.74, 6) is 2.83. The molecule has 98 valence electrons. The van der Waals surface area contributed by atoms with E-state index in [1.807, 2.05) is 11.8 Å². The number of fused-ring (bicyclic) bond motifs is 2. The van der Waals surface area contributed by atoms with Crippen LogP contribution in [0.15, 0.2) is 33.6 Å². The average molecular weight is 326 g/mol. The maximum atomic E-state index is 6.04. The molecule has 4 atom stereocenters. The Bertz CT molecular complexity index is 423. The minimum atomic E-state index is 0.606. The van der Waals surface area contributed by atoms with Crippen molar-refractivity contribution in [3.05, 3.63) is 28.7 Å². The lowest BCUT2D eigenvalue weighted by Gasteiger charge is -2.29. The van der Waals surface area contributed by atoms with Crippen LogP contribution in [-0.2, 0) is 0 Å². The van der Waals surface area contributed by atoms with Crippen molar-refractivity contribution < 1.29 is 0 Å². The van der Waals surface area contributed by atoms with Gasteiger partial charge in [0.25, 0.3) is 0 Å². The first-order valence-electron chi connectivity index (χ1n) is 6.88. The molecule has 1 nitrogen and oxygen atoms in total. The second-order valence-corrected chi connectivity index (χ2v) is 7.92. The summed E-state index contributed by atoms with van der Waals surface area (Å²) >= 11 is 5.53. The largest absolute Gasteiger partial charge is 0.329 e. The third-order valence-corrected chi connectivity index (χ3v) is 6.45. The van der Waals surface area contributed by atoms with Crippen LogP contribution in [0.25, 0.3) is 0 Å². The van der Waals surface area contributed by atoms with E-state index in [9.17, 15) is 0 Å². The average Bonchev–Trinajstić information content (AvgIpc) is 2.98. The Morgan fingerprint density at radius 3 is 2.83 bits per heavy atom. The number of thioether (sulfide) groups is 1. The van der Waals surface area contributed by atoms with Crippen LogP contribution in [0, 0.1) is 17.8 Å². The number of benzene rings is 1. The van der Waals surface area contributed by atoms with E-state index in [1.165, 1.54) is 30.6 Å². The summed E-state index contributed by atoms with van der Waals surface area (Å²) in [7, 11) is 0. The fraction of sp³-hybridized carbons (Fsp3) is 0.600. The van der Waals surface area contributed by atoms with Crippen molar-refractivity contribution in [3.8, 4) is 0 Å². The van der Waals surface area contributed by atoms with E-state index in [-0.39, 0.29) is 0 Å². The highest BCUT2D eigenvalue weighted by Gasteiger charge is 2.42. The zero-order chi connectivity index (χ0) is 12.5. The molecule has 18 heavy (non-hydrogen) atoms. The maximum Gasteiger partial charge on any atom is 0.0248 e. The molecule has 2 saturated carbocycles. The van der Waals surface area contributed by atoms with Crippen molar-refractivity contribution in [1.82, 2.24) is 0 Å². The van der Waals surface area contributed by atoms with E-state index in [0.717, 1.165) is 28.8 Å². The molecule has 0 amide bonds. The number of hydrogen-bond acceptors (Lipinski definition) is 2.